The van der Waals surface area contributed by atoms with Crippen molar-refractivity contribution in [1.82, 2.24) is 5.01 Å². The van der Waals surface area contributed by atoms with E-state index in [2.05, 4.69) is 92.5 Å². The summed E-state index contributed by atoms with van der Waals surface area (Å²) in [5.41, 5.74) is 5.88. The number of benzene rings is 3. The van der Waals surface area contributed by atoms with E-state index in [0.29, 0.717) is 5.92 Å². The Kier molecular flexibility index (Phi) is 6.08. The predicted octanol–water partition coefficient (Wildman–Crippen LogP) is 7.23. The van der Waals surface area contributed by atoms with E-state index in [4.69, 9.17) is 14.6 Å². The molecule has 0 amide bonds. The van der Waals surface area contributed by atoms with Gasteiger partial charge in [0.25, 0.3) is 0 Å². The predicted molar refractivity (Wildman–Crippen MR) is 133 cm³/mol. The summed E-state index contributed by atoms with van der Waals surface area (Å²) in [4.78, 5) is 0. The average molecular weight is 441 g/mol. The van der Waals surface area contributed by atoms with Gasteiger partial charge in [-0.05, 0) is 53.8 Å². The SMILES string of the molecule is CCCCOc1ccc(C2=NN3[C@@H](c4ccc(C(C)C)cc4)Oc4ccccc4[C@@H]3C2)cc1. The van der Waals surface area contributed by atoms with Gasteiger partial charge in [0.15, 0.2) is 0 Å². The molecule has 0 radical (unpaired) electrons. The van der Waals surface area contributed by atoms with Crippen LogP contribution in [0.2, 0.25) is 0 Å². The molecule has 0 spiro atoms. The first kappa shape index (κ1) is 21.6. The zero-order chi connectivity index (χ0) is 22.8. The van der Waals surface area contributed by atoms with Crippen molar-refractivity contribution >= 4 is 5.71 Å². The Morgan fingerprint density at radius 1 is 1.00 bits per heavy atom. The maximum atomic E-state index is 6.49. The van der Waals surface area contributed by atoms with E-state index in [9.17, 15) is 0 Å². The fourth-order valence-electron chi connectivity index (χ4n) is 4.55. The van der Waals surface area contributed by atoms with Gasteiger partial charge in [0, 0.05) is 17.5 Å². The number of rotatable bonds is 7. The molecule has 2 heterocycles. The van der Waals surface area contributed by atoms with Gasteiger partial charge in [-0.15, -0.1) is 0 Å². The van der Waals surface area contributed by atoms with Crippen molar-refractivity contribution in [3.05, 3.63) is 95.1 Å². The summed E-state index contributed by atoms with van der Waals surface area (Å²) < 4.78 is 12.3. The first-order chi connectivity index (χ1) is 16.1. The topological polar surface area (TPSA) is 34.1 Å². The molecule has 3 aromatic carbocycles. The quantitative estimate of drug-likeness (QED) is 0.363. The minimum absolute atomic E-state index is 0.167. The summed E-state index contributed by atoms with van der Waals surface area (Å²) in [5.74, 6) is 2.37. The van der Waals surface area contributed by atoms with Crippen molar-refractivity contribution < 1.29 is 9.47 Å². The Labute approximate surface area is 196 Å². The number of fused-ring (bicyclic) bond motifs is 3. The molecule has 0 fully saturated rings. The van der Waals surface area contributed by atoms with Crippen LogP contribution in [0.5, 0.6) is 11.5 Å². The summed E-state index contributed by atoms with van der Waals surface area (Å²) >= 11 is 0. The van der Waals surface area contributed by atoms with Crippen LogP contribution in [0.4, 0.5) is 0 Å². The normalized spacial score (nSPS) is 19.0. The third-order valence-electron chi connectivity index (χ3n) is 6.54. The molecule has 5 rings (SSSR count). The van der Waals surface area contributed by atoms with Crippen LogP contribution in [-0.2, 0) is 0 Å². The number of para-hydroxylation sites is 1. The first-order valence-corrected chi connectivity index (χ1v) is 12.1. The molecule has 4 heteroatoms. The van der Waals surface area contributed by atoms with Crippen LogP contribution in [0, 0.1) is 0 Å². The van der Waals surface area contributed by atoms with E-state index < -0.39 is 0 Å². The summed E-state index contributed by atoms with van der Waals surface area (Å²) in [6, 6.07) is 25.6. The monoisotopic (exact) mass is 440 g/mol. The van der Waals surface area contributed by atoms with Crippen molar-refractivity contribution in [3.63, 3.8) is 0 Å². The Morgan fingerprint density at radius 2 is 1.76 bits per heavy atom. The zero-order valence-electron chi connectivity index (χ0n) is 19.7. The number of unbranched alkanes of at least 4 members (excludes halogenated alkanes) is 1. The number of hydrogen-bond acceptors (Lipinski definition) is 4. The molecule has 0 aliphatic carbocycles. The summed E-state index contributed by atoms with van der Waals surface area (Å²) in [6.45, 7) is 7.37. The van der Waals surface area contributed by atoms with E-state index in [-0.39, 0.29) is 12.3 Å². The highest BCUT2D eigenvalue weighted by atomic mass is 16.5. The van der Waals surface area contributed by atoms with E-state index >= 15 is 0 Å². The molecule has 0 bridgehead atoms. The second-order valence-corrected chi connectivity index (χ2v) is 9.20. The molecular weight excluding hydrogens is 408 g/mol. The molecule has 0 saturated carbocycles. The van der Waals surface area contributed by atoms with Crippen LogP contribution in [0.25, 0.3) is 0 Å². The van der Waals surface area contributed by atoms with Gasteiger partial charge in [-0.25, -0.2) is 5.01 Å². The Morgan fingerprint density at radius 3 is 2.48 bits per heavy atom. The highest BCUT2D eigenvalue weighted by Gasteiger charge is 2.40. The van der Waals surface area contributed by atoms with Crippen molar-refractivity contribution in [1.29, 1.82) is 0 Å². The van der Waals surface area contributed by atoms with Crippen LogP contribution in [0.15, 0.2) is 77.9 Å². The van der Waals surface area contributed by atoms with E-state index in [1.54, 1.807) is 0 Å². The van der Waals surface area contributed by atoms with Gasteiger partial charge < -0.3 is 9.47 Å². The van der Waals surface area contributed by atoms with Gasteiger partial charge in [0.05, 0.1) is 18.4 Å². The third kappa shape index (κ3) is 4.35. The number of nitrogens with zero attached hydrogens (tertiary/aromatic N) is 2. The Hall–Kier alpha value is -3.27. The van der Waals surface area contributed by atoms with Crippen molar-refractivity contribution in [2.24, 2.45) is 5.10 Å². The molecule has 2 atom stereocenters. The minimum Gasteiger partial charge on any atom is -0.494 e. The van der Waals surface area contributed by atoms with E-state index in [1.165, 1.54) is 11.1 Å². The van der Waals surface area contributed by atoms with Gasteiger partial charge in [-0.1, -0.05) is 69.7 Å². The summed E-state index contributed by atoms with van der Waals surface area (Å²) in [6.07, 6.45) is 2.83. The van der Waals surface area contributed by atoms with Gasteiger partial charge in [0.1, 0.15) is 11.5 Å². The largest absolute Gasteiger partial charge is 0.494 e. The highest BCUT2D eigenvalue weighted by Crippen LogP contribution is 2.47. The van der Waals surface area contributed by atoms with Crippen LogP contribution in [-0.4, -0.2) is 17.3 Å². The van der Waals surface area contributed by atoms with Crippen molar-refractivity contribution in [2.45, 2.75) is 58.2 Å². The molecular formula is C29H32N2O2. The van der Waals surface area contributed by atoms with E-state index in [0.717, 1.165) is 54.2 Å². The van der Waals surface area contributed by atoms with Gasteiger partial charge >= 0.3 is 0 Å². The lowest BCUT2D eigenvalue weighted by Gasteiger charge is -2.38. The minimum atomic E-state index is -0.236. The first-order valence-electron chi connectivity index (χ1n) is 12.1. The second kappa shape index (κ2) is 9.30. The molecule has 170 valence electrons. The molecule has 0 aromatic heterocycles. The highest BCUT2D eigenvalue weighted by molar-refractivity contribution is 6.02. The number of hydrazone groups is 1. The third-order valence-corrected chi connectivity index (χ3v) is 6.54. The Balaban J connectivity index is 1.44. The molecule has 0 unspecified atom stereocenters. The van der Waals surface area contributed by atoms with Crippen molar-refractivity contribution in [2.75, 3.05) is 6.61 Å². The van der Waals surface area contributed by atoms with Crippen LogP contribution >= 0.6 is 0 Å². The van der Waals surface area contributed by atoms with Crippen molar-refractivity contribution in [3.8, 4) is 11.5 Å². The van der Waals surface area contributed by atoms with Crippen LogP contribution in [0.1, 0.15) is 80.5 Å². The molecule has 33 heavy (non-hydrogen) atoms. The van der Waals surface area contributed by atoms with E-state index in [1.807, 2.05) is 6.07 Å². The maximum absolute atomic E-state index is 6.49. The molecule has 0 saturated heterocycles. The van der Waals surface area contributed by atoms with Gasteiger partial charge in [-0.3, -0.25) is 0 Å². The maximum Gasteiger partial charge on any atom is 0.213 e. The van der Waals surface area contributed by atoms with Gasteiger partial charge in [-0.2, -0.15) is 5.10 Å². The lowest BCUT2D eigenvalue weighted by atomic mass is 9.95. The standard InChI is InChI=1S/C29H32N2O2/c1-4-5-18-32-24-16-14-22(15-17-24)26-19-27-25-8-6-7-9-28(25)33-29(31(27)30-26)23-12-10-21(11-13-23)20(2)3/h6-17,20,27,29H,4-5,18-19H2,1-3H3/t27-,29+/m0/s1. The number of hydrogen-bond donors (Lipinski definition) is 0. The molecule has 3 aromatic rings. The zero-order valence-corrected chi connectivity index (χ0v) is 19.7. The molecule has 2 aliphatic rings. The molecule has 2 aliphatic heterocycles. The lowest BCUT2D eigenvalue weighted by Crippen LogP contribution is -2.33. The number of ether oxygens (including phenoxy) is 2. The molecule has 0 N–H and O–H groups in total. The lowest BCUT2D eigenvalue weighted by molar-refractivity contribution is -0.0190. The smallest absolute Gasteiger partial charge is 0.213 e. The molecule has 4 nitrogen and oxygen atoms in total. The summed E-state index contributed by atoms with van der Waals surface area (Å²) in [5, 5.41) is 7.23. The summed E-state index contributed by atoms with van der Waals surface area (Å²) in [7, 11) is 0. The fraction of sp³-hybridized carbons (Fsp3) is 0.345. The Bertz CT molecular complexity index is 1120. The fourth-order valence-corrected chi connectivity index (χ4v) is 4.55. The average Bonchev–Trinajstić information content (AvgIpc) is 3.30. The van der Waals surface area contributed by atoms with Crippen LogP contribution < -0.4 is 9.47 Å². The van der Waals surface area contributed by atoms with Crippen LogP contribution in [0.3, 0.4) is 0 Å². The van der Waals surface area contributed by atoms with Gasteiger partial charge in [0.2, 0.25) is 6.23 Å². The second-order valence-electron chi connectivity index (χ2n) is 9.20.